The quantitative estimate of drug-likeness (QED) is 0.496. The van der Waals surface area contributed by atoms with Crippen molar-refractivity contribution in [3.63, 3.8) is 0 Å². The molecule has 2 aromatic rings. The van der Waals surface area contributed by atoms with Crippen molar-refractivity contribution in [2.24, 2.45) is 4.99 Å². The minimum atomic E-state index is -0.753. The molecule has 1 aliphatic heterocycles. The standard InChI is InChI=1S/C23H26N2O/c1-2-3-4-9-15-25-16-14-23(18-24)20-11-6-5-10-19(20)17-26-22-13-8-7-12-21(22)23/h5-8,10-13,16H,2-4,9,14-15,17H2,1H3. The maximum atomic E-state index is 10.3. The number of unbranched alkanes of at least 4 members (excludes halogenated alkanes) is 3. The predicted octanol–water partition coefficient (Wildman–Crippen LogP) is 5.43. The van der Waals surface area contributed by atoms with Gasteiger partial charge in [0.1, 0.15) is 17.8 Å². The Hall–Kier alpha value is -2.60. The summed E-state index contributed by atoms with van der Waals surface area (Å²) in [5, 5.41) is 10.3. The first-order valence-electron chi connectivity index (χ1n) is 9.52. The van der Waals surface area contributed by atoms with Crippen molar-refractivity contribution in [1.82, 2.24) is 0 Å². The summed E-state index contributed by atoms with van der Waals surface area (Å²) in [4.78, 5) is 4.59. The lowest BCUT2D eigenvalue weighted by Gasteiger charge is -2.27. The molecule has 3 rings (SSSR count). The molecule has 0 saturated carbocycles. The smallest absolute Gasteiger partial charge is 0.124 e. The Morgan fingerprint density at radius 3 is 2.65 bits per heavy atom. The van der Waals surface area contributed by atoms with E-state index in [0.717, 1.165) is 35.4 Å². The average Bonchev–Trinajstić information content (AvgIpc) is 2.83. The van der Waals surface area contributed by atoms with Gasteiger partial charge in [-0.2, -0.15) is 5.26 Å². The van der Waals surface area contributed by atoms with Crippen molar-refractivity contribution in [1.29, 1.82) is 5.26 Å². The summed E-state index contributed by atoms with van der Waals surface area (Å²) in [6.07, 6.45) is 7.32. The van der Waals surface area contributed by atoms with Gasteiger partial charge in [0.15, 0.2) is 0 Å². The highest BCUT2D eigenvalue weighted by Crippen LogP contribution is 2.43. The average molecular weight is 346 g/mol. The van der Waals surface area contributed by atoms with E-state index in [9.17, 15) is 5.26 Å². The summed E-state index contributed by atoms with van der Waals surface area (Å²) in [6.45, 7) is 3.54. The van der Waals surface area contributed by atoms with Gasteiger partial charge in [-0.3, -0.25) is 4.99 Å². The van der Waals surface area contributed by atoms with Gasteiger partial charge in [0.05, 0.1) is 6.07 Å². The molecule has 0 bridgehead atoms. The first kappa shape index (κ1) is 18.2. The van der Waals surface area contributed by atoms with Crippen LogP contribution in [0.1, 0.15) is 55.7 Å². The number of para-hydroxylation sites is 1. The molecule has 1 atom stereocenters. The highest BCUT2D eigenvalue weighted by atomic mass is 16.5. The Bertz CT molecular complexity index is 756. The monoisotopic (exact) mass is 346 g/mol. The van der Waals surface area contributed by atoms with Crippen molar-refractivity contribution < 1.29 is 4.74 Å². The maximum absolute atomic E-state index is 10.3. The van der Waals surface area contributed by atoms with E-state index in [-0.39, 0.29) is 0 Å². The van der Waals surface area contributed by atoms with Crippen LogP contribution in [0.4, 0.5) is 0 Å². The van der Waals surface area contributed by atoms with E-state index in [0.29, 0.717) is 13.0 Å². The third-order valence-electron chi connectivity index (χ3n) is 5.07. The number of nitrogens with zero attached hydrogens (tertiary/aromatic N) is 2. The molecule has 0 spiro atoms. The molecule has 26 heavy (non-hydrogen) atoms. The molecular formula is C23H26N2O. The highest BCUT2D eigenvalue weighted by molar-refractivity contribution is 5.67. The molecule has 0 aromatic heterocycles. The normalized spacial score (nSPS) is 18.5. The minimum absolute atomic E-state index is 0.491. The van der Waals surface area contributed by atoms with Crippen molar-refractivity contribution >= 4 is 6.21 Å². The van der Waals surface area contributed by atoms with Crippen LogP contribution in [0, 0.1) is 11.3 Å². The molecule has 0 radical (unpaired) electrons. The molecule has 0 fully saturated rings. The van der Waals surface area contributed by atoms with Gasteiger partial charge in [-0.05, 0) is 23.6 Å². The number of ether oxygens (including phenoxy) is 1. The summed E-state index contributed by atoms with van der Waals surface area (Å²) in [6, 6.07) is 18.6. The van der Waals surface area contributed by atoms with Gasteiger partial charge < -0.3 is 4.74 Å². The van der Waals surface area contributed by atoms with Crippen molar-refractivity contribution in [3.05, 3.63) is 65.2 Å². The van der Waals surface area contributed by atoms with E-state index < -0.39 is 5.41 Å². The summed E-state index contributed by atoms with van der Waals surface area (Å²) in [7, 11) is 0. The SMILES string of the molecule is CCCCCCN=CCC1(C#N)c2ccccc2COc2ccccc21. The number of fused-ring (bicyclic) bond motifs is 2. The Balaban J connectivity index is 1.91. The number of aliphatic imine (C=N–C) groups is 1. The first-order chi connectivity index (χ1) is 12.8. The van der Waals surface area contributed by atoms with Gasteiger partial charge in [0.2, 0.25) is 0 Å². The summed E-state index contributed by atoms with van der Waals surface area (Å²) < 4.78 is 6.01. The van der Waals surface area contributed by atoms with Crippen LogP contribution < -0.4 is 4.74 Å². The fraction of sp³-hybridized carbons (Fsp3) is 0.391. The first-order valence-corrected chi connectivity index (χ1v) is 9.52. The van der Waals surface area contributed by atoms with E-state index >= 15 is 0 Å². The second-order valence-electron chi connectivity index (χ2n) is 6.81. The van der Waals surface area contributed by atoms with Gasteiger partial charge >= 0.3 is 0 Å². The fourth-order valence-electron chi connectivity index (χ4n) is 3.62. The van der Waals surface area contributed by atoms with Crippen molar-refractivity contribution in [2.75, 3.05) is 6.54 Å². The van der Waals surface area contributed by atoms with Gasteiger partial charge in [-0.1, -0.05) is 68.7 Å². The summed E-state index contributed by atoms with van der Waals surface area (Å²) in [5.41, 5.74) is 2.28. The number of rotatable bonds is 7. The van der Waals surface area contributed by atoms with E-state index in [2.05, 4.69) is 30.1 Å². The second-order valence-corrected chi connectivity index (χ2v) is 6.81. The van der Waals surface area contributed by atoms with E-state index in [1.807, 2.05) is 42.6 Å². The number of nitriles is 1. The maximum Gasteiger partial charge on any atom is 0.124 e. The Morgan fingerprint density at radius 2 is 1.85 bits per heavy atom. The molecule has 1 unspecified atom stereocenters. The summed E-state index contributed by atoms with van der Waals surface area (Å²) in [5.74, 6) is 0.793. The zero-order chi connectivity index (χ0) is 18.2. The summed E-state index contributed by atoms with van der Waals surface area (Å²) >= 11 is 0. The third-order valence-corrected chi connectivity index (χ3v) is 5.07. The molecule has 2 aromatic carbocycles. The number of benzene rings is 2. The van der Waals surface area contributed by atoms with Gasteiger partial charge in [0.25, 0.3) is 0 Å². The predicted molar refractivity (Wildman–Crippen MR) is 106 cm³/mol. The topological polar surface area (TPSA) is 45.4 Å². The Labute approximate surface area is 156 Å². The van der Waals surface area contributed by atoms with Gasteiger partial charge in [-0.25, -0.2) is 0 Å². The fourth-order valence-corrected chi connectivity index (χ4v) is 3.62. The lowest BCUT2D eigenvalue weighted by molar-refractivity contribution is 0.306. The van der Waals surface area contributed by atoms with Crippen LogP contribution in [0.25, 0.3) is 0 Å². The zero-order valence-electron chi connectivity index (χ0n) is 15.4. The molecule has 1 aliphatic rings. The largest absolute Gasteiger partial charge is 0.489 e. The van der Waals surface area contributed by atoms with Crippen LogP contribution in [0.3, 0.4) is 0 Å². The van der Waals surface area contributed by atoms with E-state index in [1.165, 1.54) is 19.3 Å². The second kappa shape index (κ2) is 8.67. The molecule has 3 heteroatoms. The molecule has 0 N–H and O–H groups in total. The van der Waals surface area contributed by atoms with Crippen LogP contribution in [-0.2, 0) is 12.0 Å². The van der Waals surface area contributed by atoms with Crippen molar-refractivity contribution in [2.45, 2.75) is 51.0 Å². The molecule has 0 saturated heterocycles. The molecular weight excluding hydrogens is 320 g/mol. The van der Waals surface area contributed by atoms with Crippen LogP contribution in [0.2, 0.25) is 0 Å². The van der Waals surface area contributed by atoms with Crippen molar-refractivity contribution in [3.8, 4) is 11.8 Å². The highest BCUT2D eigenvalue weighted by Gasteiger charge is 2.39. The number of hydrogen-bond acceptors (Lipinski definition) is 3. The van der Waals surface area contributed by atoms with Gasteiger partial charge in [-0.15, -0.1) is 0 Å². The molecule has 134 valence electrons. The molecule has 3 nitrogen and oxygen atoms in total. The lowest BCUT2D eigenvalue weighted by atomic mass is 9.72. The lowest BCUT2D eigenvalue weighted by Crippen LogP contribution is -2.27. The van der Waals surface area contributed by atoms with E-state index in [1.54, 1.807) is 0 Å². The Kier molecular flexibility index (Phi) is 6.07. The Morgan fingerprint density at radius 1 is 1.08 bits per heavy atom. The third kappa shape index (κ3) is 3.65. The minimum Gasteiger partial charge on any atom is -0.489 e. The zero-order valence-corrected chi connectivity index (χ0v) is 15.4. The van der Waals surface area contributed by atoms with E-state index in [4.69, 9.17) is 4.74 Å². The molecule has 0 amide bonds. The molecule has 1 heterocycles. The van der Waals surface area contributed by atoms with Crippen LogP contribution in [0.5, 0.6) is 5.75 Å². The van der Waals surface area contributed by atoms with Gasteiger partial charge in [0, 0.05) is 24.7 Å². The molecule has 0 aliphatic carbocycles. The van der Waals surface area contributed by atoms with Crippen LogP contribution >= 0.6 is 0 Å². The number of hydrogen-bond donors (Lipinski definition) is 0. The van der Waals surface area contributed by atoms with Crippen LogP contribution in [-0.4, -0.2) is 12.8 Å². The van der Waals surface area contributed by atoms with Crippen LogP contribution in [0.15, 0.2) is 53.5 Å².